The van der Waals surface area contributed by atoms with Crippen LogP contribution in [0.4, 0.5) is 18.9 Å². The van der Waals surface area contributed by atoms with Crippen molar-refractivity contribution in [3.05, 3.63) is 11.8 Å². The van der Waals surface area contributed by atoms with E-state index in [0.717, 1.165) is 0 Å². The monoisotopic (exact) mass is 282 g/mol. The zero-order chi connectivity index (χ0) is 14.1. The van der Waals surface area contributed by atoms with Gasteiger partial charge in [0, 0.05) is 0 Å². The molecule has 0 bridgehead atoms. The van der Waals surface area contributed by atoms with Crippen LogP contribution >= 0.6 is 0 Å². The molecule has 0 aliphatic carbocycles. The molecule has 1 heterocycles. The summed E-state index contributed by atoms with van der Waals surface area (Å²) in [6.45, 7) is 0. The normalized spacial score (nSPS) is 11.9. The number of alkyl halides is 3. The van der Waals surface area contributed by atoms with Crippen molar-refractivity contribution in [3.63, 3.8) is 0 Å². The minimum Gasteiger partial charge on any atom is -0.396 e. The van der Waals surface area contributed by atoms with Crippen molar-refractivity contribution in [2.45, 2.75) is 11.3 Å². The second-order valence-electron chi connectivity index (χ2n) is 2.92. The SMILES string of the molecule is N#Cc1c(OC(F)(F)F)ncc(S(N)(=O)=O)c1N. The van der Waals surface area contributed by atoms with E-state index in [1.165, 1.54) is 6.07 Å². The van der Waals surface area contributed by atoms with Gasteiger partial charge in [0.1, 0.15) is 16.5 Å². The molecule has 0 spiro atoms. The Morgan fingerprint density at radius 2 is 2.00 bits per heavy atom. The number of halogens is 3. The van der Waals surface area contributed by atoms with Crippen LogP contribution < -0.4 is 15.6 Å². The van der Waals surface area contributed by atoms with E-state index in [2.05, 4.69) is 9.72 Å². The third kappa shape index (κ3) is 2.99. The van der Waals surface area contributed by atoms with Crippen LogP contribution in [0.15, 0.2) is 11.1 Å². The number of hydrogen-bond acceptors (Lipinski definition) is 6. The highest BCUT2D eigenvalue weighted by Crippen LogP contribution is 2.30. The number of ether oxygens (including phenoxy) is 1. The number of nitriles is 1. The lowest BCUT2D eigenvalue weighted by molar-refractivity contribution is -0.276. The van der Waals surface area contributed by atoms with Gasteiger partial charge in [0.25, 0.3) is 0 Å². The van der Waals surface area contributed by atoms with Crippen molar-refractivity contribution in [3.8, 4) is 11.9 Å². The molecule has 0 radical (unpaired) electrons. The molecular formula is C7H5F3N4O3S. The van der Waals surface area contributed by atoms with Crippen molar-refractivity contribution in [1.29, 1.82) is 5.26 Å². The Kier molecular flexibility index (Phi) is 3.36. The summed E-state index contributed by atoms with van der Waals surface area (Å²) in [5.74, 6) is -1.14. The predicted molar refractivity (Wildman–Crippen MR) is 51.4 cm³/mol. The fourth-order valence-electron chi connectivity index (χ4n) is 1.01. The Bertz CT molecular complexity index is 620. The number of anilines is 1. The van der Waals surface area contributed by atoms with Crippen LogP contribution in [0.1, 0.15) is 5.56 Å². The number of primary sulfonamides is 1. The summed E-state index contributed by atoms with van der Waals surface area (Å²) in [6.07, 6.45) is -4.61. The first-order valence-electron chi connectivity index (χ1n) is 4.03. The molecule has 4 N–H and O–H groups in total. The molecule has 11 heteroatoms. The lowest BCUT2D eigenvalue weighted by Gasteiger charge is -2.11. The van der Waals surface area contributed by atoms with E-state index in [-0.39, 0.29) is 0 Å². The molecule has 98 valence electrons. The Morgan fingerprint density at radius 3 is 2.39 bits per heavy atom. The van der Waals surface area contributed by atoms with Crippen molar-refractivity contribution in [2.75, 3.05) is 5.73 Å². The average molecular weight is 282 g/mol. The van der Waals surface area contributed by atoms with Crippen molar-refractivity contribution in [2.24, 2.45) is 5.14 Å². The fraction of sp³-hybridized carbons (Fsp3) is 0.143. The molecule has 7 nitrogen and oxygen atoms in total. The van der Waals surface area contributed by atoms with Crippen molar-refractivity contribution < 1.29 is 26.3 Å². The summed E-state index contributed by atoms with van der Waals surface area (Å²) in [6, 6.07) is 1.27. The van der Waals surface area contributed by atoms with Gasteiger partial charge in [0.2, 0.25) is 15.9 Å². The second-order valence-corrected chi connectivity index (χ2v) is 4.45. The number of rotatable bonds is 2. The van der Waals surface area contributed by atoms with E-state index in [1.54, 1.807) is 0 Å². The molecule has 0 atom stereocenters. The topological polar surface area (TPSA) is 132 Å². The molecule has 0 aromatic carbocycles. The van der Waals surface area contributed by atoms with Gasteiger partial charge < -0.3 is 10.5 Å². The highest BCUT2D eigenvalue weighted by atomic mass is 32.2. The van der Waals surface area contributed by atoms with E-state index < -0.39 is 38.4 Å². The molecule has 0 amide bonds. The summed E-state index contributed by atoms with van der Waals surface area (Å²) >= 11 is 0. The molecule has 1 aromatic rings. The van der Waals surface area contributed by atoms with Gasteiger partial charge in [0.05, 0.1) is 11.9 Å². The van der Waals surface area contributed by atoms with Gasteiger partial charge in [-0.2, -0.15) is 5.26 Å². The number of hydrogen-bond donors (Lipinski definition) is 2. The number of pyridine rings is 1. The molecular weight excluding hydrogens is 277 g/mol. The first-order chi connectivity index (χ1) is 8.06. The third-order valence-corrected chi connectivity index (χ3v) is 2.62. The molecule has 0 saturated carbocycles. The van der Waals surface area contributed by atoms with E-state index in [1.807, 2.05) is 0 Å². The maximum atomic E-state index is 12.0. The maximum Gasteiger partial charge on any atom is 0.574 e. The van der Waals surface area contributed by atoms with Gasteiger partial charge in [-0.15, -0.1) is 13.2 Å². The number of sulfonamides is 1. The summed E-state index contributed by atoms with van der Waals surface area (Å²) < 4.78 is 61.3. The molecule has 0 saturated heterocycles. The van der Waals surface area contributed by atoms with Crippen LogP contribution in [0.25, 0.3) is 0 Å². The smallest absolute Gasteiger partial charge is 0.396 e. The zero-order valence-electron chi connectivity index (χ0n) is 8.39. The van der Waals surface area contributed by atoms with Crippen LogP contribution in [0.2, 0.25) is 0 Å². The van der Waals surface area contributed by atoms with Crippen LogP contribution in [0.3, 0.4) is 0 Å². The Hall–Kier alpha value is -2.06. The van der Waals surface area contributed by atoms with Crippen molar-refractivity contribution >= 4 is 15.7 Å². The number of nitrogens with two attached hydrogens (primary N) is 2. The maximum absolute atomic E-state index is 12.0. The molecule has 0 fully saturated rings. The summed E-state index contributed by atoms with van der Waals surface area (Å²) in [5, 5.41) is 13.4. The van der Waals surface area contributed by atoms with Gasteiger partial charge in [-0.05, 0) is 0 Å². The Balaban J connectivity index is 3.45. The third-order valence-electron chi connectivity index (χ3n) is 1.68. The molecule has 1 rings (SSSR count). The zero-order valence-corrected chi connectivity index (χ0v) is 9.21. The van der Waals surface area contributed by atoms with E-state index in [4.69, 9.17) is 16.1 Å². The van der Waals surface area contributed by atoms with Crippen LogP contribution in [-0.2, 0) is 10.0 Å². The largest absolute Gasteiger partial charge is 0.574 e. The molecule has 0 aliphatic rings. The van der Waals surface area contributed by atoms with Gasteiger partial charge in [-0.25, -0.2) is 18.5 Å². The minimum atomic E-state index is -5.09. The molecule has 0 unspecified atom stereocenters. The van der Waals surface area contributed by atoms with Gasteiger partial charge >= 0.3 is 6.36 Å². The first-order valence-corrected chi connectivity index (χ1v) is 5.58. The Labute approximate surface area is 98.8 Å². The lowest BCUT2D eigenvalue weighted by atomic mass is 10.2. The average Bonchev–Trinajstić information content (AvgIpc) is 2.13. The number of aromatic nitrogens is 1. The fourth-order valence-corrected chi connectivity index (χ4v) is 1.62. The molecule has 18 heavy (non-hydrogen) atoms. The highest BCUT2D eigenvalue weighted by Gasteiger charge is 2.34. The van der Waals surface area contributed by atoms with Crippen molar-refractivity contribution in [1.82, 2.24) is 4.98 Å². The van der Waals surface area contributed by atoms with E-state index in [0.29, 0.717) is 6.20 Å². The van der Waals surface area contributed by atoms with Gasteiger partial charge in [-0.1, -0.05) is 0 Å². The Morgan fingerprint density at radius 1 is 1.44 bits per heavy atom. The predicted octanol–water partition coefficient (Wildman–Crippen LogP) is 0.0815. The van der Waals surface area contributed by atoms with E-state index in [9.17, 15) is 21.6 Å². The standard InChI is InChI=1S/C7H5F3N4O3S/c8-7(9,10)17-6-3(1-11)5(12)4(2-14-6)18(13,15)16/h2H,(H2,12,14)(H2,13,15,16). The van der Waals surface area contributed by atoms with Gasteiger partial charge in [0.15, 0.2) is 0 Å². The minimum absolute atomic E-state index is 0.479. The number of nitrogens with zero attached hydrogens (tertiary/aromatic N) is 2. The van der Waals surface area contributed by atoms with Gasteiger partial charge in [-0.3, -0.25) is 0 Å². The van der Waals surface area contributed by atoms with Crippen LogP contribution in [0, 0.1) is 11.3 Å². The summed E-state index contributed by atoms with van der Waals surface area (Å²) in [5.41, 5.74) is 3.61. The number of nitrogen functional groups attached to an aromatic ring is 1. The highest BCUT2D eigenvalue weighted by molar-refractivity contribution is 7.89. The first kappa shape index (κ1) is 14.0. The molecule has 1 aromatic heterocycles. The molecule has 0 aliphatic heterocycles. The van der Waals surface area contributed by atoms with E-state index >= 15 is 0 Å². The van der Waals surface area contributed by atoms with Crippen LogP contribution in [-0.4, -0.2) is 19.8 Å². The quantitative estimate of drug-likeness (QED) is 0.789. The van der Waals surface area contributed by atoms with Crippen LogP contribution in [0.5, 0.6) is 5.88 Å². The second kappa shape index (κ2) is 4.31. The lowest BCUT2D eigenvalue weighted by Crippen LogP contribution is -2.21. The summed E-state index contributed by atoms with van der Waals surface area (Å²) in [7, 11) is -4.30. The summed E-state index contributed by atoms with van der Waals surface area (Å²) in [4.78, 5) is 2.30.